The Balaban J connectivity index is 1.32. The minimum Gasteiger partial charge on any atom is -0.444 e. The Morgan fingerprint density at radius 2 is 1.64 bits per heavy atom. The van der Waals surface area contributed by atoms with Gasteiger partial charge in [-0.15, -0.1) is 0 Å². The summed E-state index contributed by atoms with van der Waals surface area (Å²) in [5.41, 5.74) is 1.50. The summed E-state index contributed by atoms with van der Waals surface area (Å²) in [7, 11) is 0. The number of hydrogen-bond acceptors (Lipinski definition) is 7. The standard InChI is InChI=1S/C25H29N5O3/c1-25(2,3)33-24(31)30-17-15-29(16-18-30)20-11-9-19(10-12-20)27-23-26-14-13-22(28-23)32-21-7-5-4-6-8-21/h4-14H,15-18H2,1-3H3,(H,26,27,28). The monoisotopic (exact) mass is 447 g/mol. The molecule has 1 aromatic heterocycles. The Labute approximate surface area is 194 Å². The number of carbonyl (C=O) groups excluding carboxylic acids is 1. The number of rotatable bonds is 5. The molecule has 2 heterocycles. The van der Waals surface area contributed by atoms with Gasteiger partial charge in [0.2, 0.25) is 11.8 Å². The van der Waals surface area contributed by atoms with Gasteiger partial charge in [-0.2, -0.15) is 4.98 Å². The second kappa shape index (κ2) is 9.77. The van der Waals surface area contributed by atoms with Gasteiger partial charge in [0.15, 0.2) is 0 Å². The summed E-state index contributed by atoms with van der Waals surface area (Å²) in [5, 5.41) is 3.21. The van der Waals surface area contributed by atoms with Crippen molar-refractivity contribution < 1.29 is 14.3 Å². The summed E-state index contributed by atoms with van der Waals surface area (Å²) in [6.45, 7) is 8.44. The fraction of sp³-hybridized carbons (Fsp3) is 0.320. The number of nitrogens with zero attached hydrogens (tertiary/aromatic N) is 4. The zero-order valence-corrected chi connectivity index (χ0v) is 19.2. The number of hydrogen-bond donors (Lipinski definition) is 1. The number of aromatic nitrogens is 2. The van der Waals surface area contributed by atoms with Crippen LogP contribution in [-0.4, -0.2) is 52.7 Å². The van der Waals surface area contributed by atoms with Gasteiger partial charge in [-0.05, 0) is 57.2 Å². The molecular formula is C25H29N5O3. The first-order chi connectivity index (χ1) is 15.9. The van der Waals surface area contributed by atoms with Gasteiger partial charge >= 0.3 is 6.09 Å². The van der Waals surface area contributed by atoms with E-state index < -0.39 is 5.60 Å². The van der Waals surface area contributed by atoms with Crippen LogP contribution in [0.5, 0.6) is 11.6 Å². The minimum absolute atomic E-state index is 0.250. The molecule has 0 unspecified atom stereocenters. The molecule has 4 rings (SSSR count). The highest BCUT2D eigenvalue weighted by Crippen LogP contribution is 2.23. The Hall–Kier alpha value is -3.81. The third kappa shape index (κ3) is 6.35. The lowest BCUT2D eigenvalue weighted by Gasteiger charge is -2.36. The van der Waals surface area contributed by atoms with Crippen LogP contribution in [0.2, 0.25) is 0 Å². The summed E-state index contributed by atoms with van der Waals surface area (Å²) in [6, 6.07) is 19.3. The number of anilines is 3. The van der Waals surface area contributed by atoms with E-state index in [0.29, 0.717) is 24.9 Å². The third-order valence-corrected chi connectivity index (χ3v) is 5.02. The van der Waals surface area contributed by atoms with Crippen LogP contribution < -0.4 is 15.0 Å². The number of nitrogens with one attached hydrogen (secondary N) is 1. The van der Waals surface area contributed by atoms with Gasteiger partial charge in [0.05, 0.1) is 0 Å². The quantitative estimate of drug-likeness (QED) is 0.585. The number of para-hydroxylation sites is 1. The van der Waals surface area contributed by atoms with E-state index in [2.05, 4.69) is 32.3 Å². The zero-order valence-electron chi connectivity index (χ0n) is 19.2. The van der Waals surface area contributed by atoms with Crippen LogP contribution in [0.25, 0.3) is 0 Å². The lowest BCUT2D eigenvalue weighted by Crippen LogP contribution is -2.50. The van der Waals surface area contributed by atoms with Gasteiger partial charge in [0.1, 0.15) is 11.4 Å². The molecule has 1 saturated heterocycles. The molecule has 0 saturated carbocycles. The van der Waals surface area contributed by atoms with Crippen molar-refractivity contribution in [3.05, 3.63) is 66.9 Å². The Kier molecular flexibility index (Phi) is 6.63. The summed E-state index contributed by atoms with van der Waals surface area (Å²) in [5.74, 6) is 1.65. The van der Waals surface area contributed by atoms with Crippen LogP contribution in [-0.2, 0) is 4.74 Å². The highest BCUT2D eigenvalue weighted by molar-refractivity contribution is 5.69. The Morgan fingerprint density at radius 3 is 2.30 bits per heavy atom. The molecule has 0 bridgehead atoms. The lowest BCUT2D eigenvalue weighted by atomic mass is 10.2. The number of benzene rings is 2. The molecule has 0 atom stereocenters. The molecule has 1 fully saturated rings. The molecule has 33 heavy (non-hydrogen) atoms. The van der Waals surface area contributed by atoms with Crippen LogP contribution in [0, 0.1) is 0 Å². The molecule has 1 aliphatic heterocycles. The van der Waals surface area contributed by atoms with E-state index in [0.717, 1.165) is 30.2 Å². The van der Waals surface area contributed by atoms with Crippen molar-refractivity contribution in [2.24, 2.45) is 0 Å². The first-order valence-corrected chi connectivity index (χ1v) is 11.0. The summed E-state index contributed by atoms with van der Waals surface area (Å²) < 4.78 is 11.2. The molecule has 172 valence electrons. The topological polar surface area (TPSA) is 79.8 Å². The van der Waals surface area contributed by atoms with E-state index in [9.17, 15) is 4.79 Å². The molecule has 0 radical (unpaired) electrons. The van der Waals surface area contributed by atoms with Crippen molar-refractivity contribution in [2.45, 2.75) is 26.4 Å². The predicted octanol–water partition coefficient (Wildman–Crippen LogP) is 5.07. The van der Waals surface area contributed by atoms with Crippen molar-refractivity contribution in [3.8, 4) is 11.6 Å². The van der Waals surface area contributed by atoms with E-state index in [1.165, 1.54) is 0 Å². The van der Waals surface area contributed by atoms with Gasteiger partial charge in [0.25, 0.3) is 0 Å². The van der Waals surface area contributed by atoms with E-state index in [4.69, 9.17) is 9.47 Å². The molecule has 1 N–H and O–H groups in total. The van der Waals surface area contributed by atoms with E-state index in [1.54, 1.807) is 17.2 Å². The average Bonchev–Trinajstić information content (AvgIpc) is 2.80. The lowest BCUT2D eigenvalue weighted by molar-refractivity contribution is 0.0240. The SMILES string of the molecule is CC(C)(C)OC(=O)N1CCN(c2ccc(Nc3nccc(Oc4ccccc4)n3)cc2)CC1. The molecule has 0 spiro atoms. The van der Waals surface area contributed by atoms with Gasteiger partial charge < -0.3 is 24.6 Å². The molecular weight excluding hydrogens is 418 g/mol. The largest absolute Gasteiger partial charge is 0.444 e. The molecule has 3 aromatic rings. The maximum Gasteiger partial charge on any atom is 0.410 e. The first kappa shape index (κ1) is 22.4. The van der Waals surface area contributed by atoms with E-state index >= 15 is 0 Å². The summed E-state index contributed by atoms with van der Waals surface area (Å²) >= 11 is 0. The van der Waals surface area contributed by atoms with Crippen molar-refractivity contribution in [1.29, 1.82) is 0 Å². The second-order valence-electron chi connectivity index (χ2n) is 8.76. The fourth-order valence-corrected chi connectivity index (χ4v) is 3.43. The molecule has 0 aliphatic carbocycles. The van der Waals surface area contributed by atoms with E-state index in [1.807, 2.05) is 63.2 Å². The Morgan fingerprint density at radius 1 is 0.939 bits per heavy atom. The normalized spacial score (nSPS) is 14.0. The number of piperazine rings is 1. The maximum absolute atomic E-state index is 12.3. The molecule has 2 aromatic carbocycles. The summed E-state index contributed by atoms with van der Waals surface area (Å²) in [4.78, 5) is 25.0. The van der Waals surface area contributed by atoms with Gasteiger partial charge in [-0.3, -0.25) is 0 Å². The third-order valence-electron chi connectivity index (χ3n) is 5.02. The van der Waals surface area contributed by atoms with Crippen molar-refractivity contribution in [2.75, 3.05) is 36.4 Å². The molecule has 8 heteroatoms. The van der Waals surface area contributed by atoms with Crippen LogP contribution in [0.3, 0.4) is 0 Å². The van der Waals surface area contributed by atoms with Crippen LogP contribution in [0.4, 0.5) is 22.1 Å². The van der Waals surface area contributed by atoms with Crippen LogP contribution >= 0.6 is 0 Å². The van der Waals surface area contributed by atoms with Gasteiger partial charge in [-0.25, -0.2) is 9.78 Å². The van der Waals surface area contributed by atoms with Crippen molar-refractivity contribution in [1.82, 2.24) is 14.9 Å². The first-order valence-electron chi connectivity index (χ1n) is 11.0. The van der Waals surface area contributed by atoms with Gasteiger partial charge in [-0.1, -0.05) is 18.2 Å². The summed E-state index contributed by atoms with van der Waals surface area (Å²) in [6.07, 6.45) is 1.41. The molecule has 1 aliphatic rings. The molecule has 8 nitrogen and oxygen atoms in total. The molecule has 1 amide bonds. The Bertz CT molecular complexity index is 1060. The number of carbonyl (C=O) groups is 1. The van der Waals surface area contributed by atoms with E-state index in [-0.39, 0.29) is 6.09 Å². The predicted molar refractivity (Wildman–Crippen MR) is 128 cm³/mol. The van der Waals surface area contributed by atoms with Gasteiger partial charge in [0, 0.05) is 49.8 Å². The fourth-order valence-electron chi connectivity index (χ4n) is 3.43. The van der Waals surface area contributed by atoms with Crippen LogP contribution in [0.15, 0.2) is 66.9 Å². The average molecular weight is 448 g/mol. The highest BCUT2D eigenvalue weighted by atomic mass is 16.6. The zero-order chi connectivity index (χ0) is 23.3. The number of ether oxygens (including phenoxy) is 2. The smallest absolute Gasteiger partial charge is 0.410 e. The second-order valence-corrected chi connectivity index (χ2v) is 8.76. The minimum atomic E-state index is -0.478. The van der Waals surface area contributed by atoms with Crippen molar-refractivity contribution >= 4 is 23.4 Å². The maximum atomic E-state index is 12.3. The highest BCUT2D eigenvalue weighted by Gasteiger charge is 2.25. The number of amides is 1. The van der Waals surface area contributed by atoms with Crippen LogP contribution in [0.1, 0.15) is 20.8 Å². The van der Waals surface area contributed by atoms with Crippen molar-refractivity contribution in [3.63, 3.8) is 0 Å².